The second-order valence-corrected chi connectivity index (χ2v) is 5.36. The first kappa shape index (κ1) is 14.7. The lowest BCUT2D eigenvalue weighted by Gasteiger charge is -2.21. The van der Waals surface area contributed by atoms with Gasteiger partial charge in [0.2, 0.25) is 0 Å². The minimum atomic E-state index is 0.316. The first-order valence-electron chi connectivity index (χ1n) is 7.32. The molecule has 0 aliphatic carbocycles. The summed E-state index contributed by atoms with van der Waals surface area (Å²) in [7, 11) is 2.02. The van der Waals surface area contributed by atoms with Crippen LogP contribution in [0.1, 0.15) is 40.9 Å². The number of hydrogen-bond donors (Lipinski definition) is 1. The molecule has 2 rings (SSSR count). The third kappa shape index (κ3) is 3.26. The quantitative estimate of drug-likeness (QED) is 0.893. The molecule has 1 aromatic heterocycles. The van der Waals surface area contributed by atoms with Crippen LogP contribution in [-0.2, 0) is 12.8 Å². The maximum absolute atomic E-state index is 4.58. The summed E-state index contributed by atoms with van der Waals surface area (Å²) < 4.78 is 0. The molecule has 0 bridgehead atoms. The van der Waals surface area contributed by atoms with Crippen LogP contribution in [0, 0.1) is 13.8 Å². The van der Waals surface area contributed by atoms with Gasteiger partial charge >= 0.3 is 0 Å². The molecule has 0 aliphatic heterocycles. The van der Waals surface area contributed by atoms with Crippen molar-refractivity contribution < 1.29 is 0 Å². The summed E-state index contributed by atoms with van der Waals surface area (Å²) in [5.74, 6) is 0. The highest BCUT2D eigenvalue weighted by Crippen LogP contribution is 2.24. The van der Waals surface area contributed by atoms with Crippen LogP contribution in [0.4, 0.5) is 0 Å². The van der Waals surface area contributed by atoms with Gasteiger partial charge in [0.05, 0.1) is 0 Å². The third-order valence-electron chi connectivity index (χ3n) is 3.95. The third-order valence-corrected chi connectivity index (χ3v) is 3.95. The Hall–Kier alpha value is -1.67. The van der Waals surface area contributed by atoms with Gasteiger partial charge in [0.1, 0.15) is 0 Å². The Bertz CT molecular complexity index is 538. The van der Waals surface area contributed by atoms with Crippen LogP contribution < -0.4 is 5.32 Å². The monoisotopic (exact) mass is 268 g/mol. The second-order valence-electron chi connectivity index (χ2n) is 5.36. The summed E-state index contributed by atoms with van der Waals surface area (Å²) in [5.41, 5.74) is 6.52. The molecule has 0 radical (unpaired) electrons. The molecular weight excluding hydrogens is 244 g/mol. The highest BCUT2D eigenvalue weighted by molar-refractivity contribution is 5.37. The summed E-state index contributed by atoms with van der Waals surface area (Å²) >= 11 is 0. The van der Waals surface area contributed by atoms with Crippen molar-refractivity contribution in [3.05, 3.63) is 64.5 Å². The molecule has 1 unspecified atom stereocenters. The lowest BCUT2D eigenvalue weighted by Crippen LogP contribution is -2.21. The van der Waals surface area contributed by atoms with Gasteiger partial charge in [0.15, 0.2) is 0 Å². The summed E-state index contributed by atoms with van der Waals surface area (Å²) in [4.78, 5) is 4.58. The molecule has 0 saturated carbocycles. The van der Waals surface area contributed by atoms with Gasteiger partial charge in [-0.25, -0.2) is 0 Å². The van der Waals surface area contributed by atoms with Crippen molar-refractivity contribution in [1.82, 2.24) is 10.3 Å². The second kappa shape index (κ2) is 6.67. The van der Waals surface area contributed by atoms with Gasteiger partial charge in [-0.15, -0.1) is 0 Å². The lowest BCUT2D eigenvalue weighted by atomic mass is 9.93. The molecule has 2 heteroatoms. The van der Waals surface area contributed by atoms with E-state index >= 15 is 0 Å². The van der Waals surface area contributed by atoms with E-state index in [4.69, 9.17) is 0 Å². The van der Waals surface area contributed by atoms with Gasteiger partial charge in [-0.1, -0.05) is 31.2 Å². The highest BCUT2D eigenvalue weighted by Gasteiger charge is 2.15. The molecule has 1 heterocycles. The molecule has 1 aromatic carbocycles. The standard InChI is InChI=1S/C18H24N2/c1-5-15-9-10-16(20-12-15)11-17(19-4)18-13(2)7-6-8-14(18)3/h6-10,12,17,19H,5,11H2,1-4H3. The molecule has 0 saturated heterocycles. The fourth-order valence-corrected chi connectivity index (χ4v) is 2.72. The maximum atomic E-state index is 4.58. The molecule has 1 N–H and O–H groups in total. The number of pyridine rings is 1. The summed E-state index contributed by atoms with van der Waals surface area (Å²) in [6.07, 6.45) is 3.96. The predicted octanol–water partition coefficient (Wildman–Crippen LogP) is 3.76. The van der Waals surface area contributed by atoms with Crippen LogP contribution in [0.3, 0.4) is 0 Å². The van der Waals surface area contributed by atoms with Crippen LogP contribution in [0.15, 0.2) is 36.5 Å². The van der Waals surface area contributed by atoms with Crippen LogP contribution in [0.5, 0.6) is 0 Å². The molecular formula is C18H24N2. The Kier molecular flexibility index (Phi) is 4.91. The van der Waals surface area contributed by atoms with E-state index in [0.717, 1.165) is 18.5 Å². The molecule has 2 nitrogen and oxygen atoms in total. The van der Waals surface area contributed by atoms with Gasteiger partial charge in [0, 0.05) is 24.4 Å². The molecule has 2 aromatic rings. The number of nitrogens with zero attached hydrogens (tertiary/aromatic N) is 1. The molecule has 0 spiro atoms. The average Bonchev–Trinajstić information content (AvgIpc) is 2.46. The van der Waals surface area contributed by atoms with Crippen LogP contribution in [0.25, 0.3) is 0 Å². The Balaban J connectivity index is 2.24. The predicted molar refractivity (Wildman–Crippen MR) is 85.0 cm³/mol. The molecule has 0 fully saturated rings. The van der Waals surface area contributed by atoms with Crippen LogP contribution in [-0.4, -0.2) is 12.0 Å². The van der Waals surface area contributed by atoms with Gasteiger partial charge in [-0.2, -0.15) is 0 Å². The van der Waals surface area contributed by atoms with Crippen LogP contribution in [0.2, 0.25) is 0 Å². The van der Waals surface area contributed by atoms with Gasteiger partial charge in [-0.3, -0.25) is 4.98 Å². The van der Waals surface area contributed by atoms with Crippen molar-refractivity contribution in [3.63, 3.8) is 0 Å². The smallest absolute Gasteiger partial charge is 0.0422 e. The molecule has 1 atom stereocenters. The SMILES string of the molecule is CCc1ccc(CC(NC)c2c(C)cccc2C)nc1. The highest BCUT2D eigenvalue weighted by atomic mass is 14.9. The first-order valence-corrected chi connectivity index (χ1v) is 7.32. The Morgan fingerprint density at radius 3 is 2.30 bits per heavy atom. The number of aromatic nitrogens is 1. The number of aryl methyl sites for hydroxylation is 3. The number of hydrogen-bond acceptors (Lipinski definition) is 2. The van der Waals surface area contributed by atoms with E-state index in [1.165, 1.54) is 22.3 Å². The number of nitrogens with one attached hydrogen (secondary N) is 1. The maximum Gasteiger partial charge on any atom is 0.0422 e. The van der Waals surface area contributed by atoms with E-state index in [1.54, 1.807) is 0 Å². The lowest BCUT2D eigenvalue weighted by molar-refractivity contribution is 0.578. The van der Waals surface area contributed by atoms with Gasteiger partial charge in [-0.05, 0) is 55.6 Å². The van der Waals surface area contributed by atoms with Gasteiger partial charge in [0.25, 0.3) is 0 Å². The minimum absolute atomic E-state index is 0.316. The largest absolute Gasteiger partial charge is 0.313 e. The van der Waals surface area contributed by atoms with Crippen molar-refractivity contribution in [3.8, 4) is 0 Å². The van der Waals surface area contributed by atoms with E-state index < -0.39 is 0 Å². The molecule has 0 aliphatic rings. The van der Waals surface area contributed by atoms with Crippen molar-refractivity contribution in [2.45, 2.75) is 39.7 Å². The fraction of sp³-hybridized carbons (Fsp3) is 0.389. The number of rotatable bonds is 5. The van der Waals surface area contributed by atoms with E-state index in [1.807, 2.05) is 13.2 Å². The first-order chi connectivity index (χ1) is 9.65. The Morgan fingerprint density at radius 2 is 1.80 bits per heavy atom. The molecule has 106 valence electrons. The van der Waals surface area contributed by atoms with E-state index in [-0.39, 0.29) is 0 Å². The van der Waals surface area contributed by atoms with Crippen LogP contribution >= 0.6 is 0 Å². The number of likely N-dealkylation sites (N-methyl/N-ethyl adjacent to an activating group) is 1. The zero-order valence-corrected chi connectivity index (χ0v) is 12.9. The van der Waals surface area contributed by atoms with Crippen molar-refractivity contribution in [2.75, 3.05) is 7.05 Å². The summed E-state index contributed by atoms with van der Waals surface area (Å²) in [6.45, 7) is 6.52. The minimum Gasteiger partial charge on any atom is -0.313 e. The fourth-order valence-electron chi connectivity index (χ4n) is 2.72. The van der Waals surface area contributed by atoms with E-state index in [2.05, 4.69) is 61.4 Å². The zero-order chi connectivity index (χ0) is 14.5. The van der Waals surface area contributed by atoms with Crippen molar-refractivity contribution in [1.29, 1.82) is 0 Å². The topological polar surface area (TPSA) is 24.9 Å². The summed E-state index contributed by atoms with van der Waals surface area (Å²) in [6, 6.07) is 11.1. The normalized spacial score (nSPS) is 12.4. The summed E-state index contributed by atoms with van der Waals surface area (Å²) in [5, 5.41) is 3.44. The molecule has 20 heavy (non-hydrogen) atoms. The van der Waals surface area contributed by atoms with Gasteiger partial charge < -0.3 is 5.32 Å². The van der Waals surface area contributed by atoms with E-state index in [9.17, 15) is 0 Å². The van der Waals surface area contributed by atoms with E-state index in [0.29, 0.717) is 6.04 Å². The van der Waals surface area contributed by atoms with Crippen molar-refractivity contribution in [2.24, 2.45) is 0 Å². The zero-order valence-electron chi connectivity index (χ0n) is 12.9. The Morgan fingerprint density at radius 1 is 1.10 bits per heavy atom. The van der Waals surface area contributed by atoms with Crippen molar-refractivity contribution >= 4 is 0 Å². The molecule has 0 amide bonds. The number of benzene rings is 1. The Labute approximate surface area is 122 Å². The average molecular weight is 268 g/mol.